The van der Waals surface area contributed by atoms with Crippen molar-refractivity contribution in [3.8, 4) is 0 Å². The van der Waals surface area contributed by atoms with Gasteiger partial charge >= 0.3 is 30.4 Å². The zero-order chi connectivity index (χ0) is 81.6. The van der Waals surface area contributed by atoms with Gasteiger partial charge in [-0.1, -0.05) is 89.8 Å². The second kappa shape index (κ2) is 37.7. The van der Waals surface area contributed by atoms with Crippen molar-refractivity contribution in [3.05, 3.63) is 151 Å². The maximum atomic E-state index is 14.0. The van der Waals surface area contributed by atoms with E-state index in [0.717, 1.165) is 49.0 Å². The summed E-state index contributed by atoms with van der Waals surface area (Å²) in [6.07, 6.45) is 11.4. The molecule has 9 N–H and O–H groups in total. The van der Waals surface area contributed by atoms with Crippen LogP contribution in [-0.4, -0.2) is 162 Å². The molecule has 3 saturated heterocycles. The monoisotopic (exact) mass is 1570 g/mol. The summed E-state index contributed by atoms with van der Waals surface area (Å²) in [5.41, 5.74) is 21.8. The van der Waals surface area contributed by atoms with Crippen molar-refractivity contribution in [2.75, 3.05) is 52.0 Å². The molecule has 5 aromatic heterocycles. The van der Waals surface area contributed by atoms with E-state index in [-0.39, 0.29) is 61.3 Å². The van der Waals surface area contributed by atoms with Crippen LogP contribution in [0.2, 0.25) is 0 Å². The number of nitrogens with two attached hydrogens (primary N) is 3. The molecule has 6 fully saturated rings. The van der Waals surface area contributed by atoms with Gasteiger partial charge in [0, 0.05) is 86.1 Å². The molecule has 3 aliphatic heterocycles. The normalized spacial score (nSPS) is 20.9. The lowest BCUT2D eigenvalue weighted by atomic mass is 9.79. The molecular formula is C81H101F6N17O9. The van der Waals surface area contributed by atoms with E-state index in [2.05, 4.69) is 54.7 Å². The maximum absolute atomic E-state index is 14.0. The predicted molar refractivity (Wildman–Crippen MR) is 412 cm³/mol. The maximum Gasteiger partial charge on any atom is 0.408 e. The first-order valence-corrected chi connectivity index (χ1v) is 38.8. The number of likely N-dealkylation sites (tertiary alicyclic amines) is 3. The number of hydrogen-bond acceptors (Lipinski definition) is 17. The average Bonchev–Trinajstić information content (AvgIpc) is 0.749. The number of hydrogen-bond donors (Lipinski definition) is 6. The molecule has 113 heavy (non-hydrogen) atoms. The molecule has 32 heteroatoms. The van der Waals surface area contributed by atoms with E-state index in [1.165, 1.54) is 52.1 Å². The van der Waals surface area contributed by atoms with E-state index >= 15 is 0 Å². The Morgan fingerprint density at radius 3 is 1.18 bits per heavy atom. The summed E-state index contributed by atoms with van der Waals surface area (Å²) in [7, 11) is 1.68. The number of amides is 12. The number of imide groups is 3. The summed E-state index contributed by atoms with van der Waals surface area (Å²) in [5.74, 6) is -5.91. The van der Waals surface area contributed by atoms with E-state index in [0.29, 0.717) is 113 Å². The van der Waals surface area contributed by atoms with E-state index in [1.807, 2.05) is 30.3 Å². The topological polar surface area (TPSA) is 352 Å². The Morgan fingerprint density at radius 1 is 0.460 bits per heavy atom. The SMILES string of the molecule is CC(C)[C@@H](NC(=O)N1C(=O)[C@H](Cc2ccnc(N)c2)[C@H]1C(=O)N(C)c1ccccc1)C1CCCCC1.CCN(C(=O)[C@@H]1[C@@H](Cc2ccnc(N)c2)C(=O)N1C(=O)N[C@@H](C1CCCCC1)C(F)(F)F)c1ccnc(C)c1.CCN(C(=O)[C@@H]1[C@@H](Cc2ccnc(N)c2)C(=O)N1C(=O)N[C@@H](C1CCCCC1)C(F)(F)F)c1ccncc1. The highest BCUT2D eigenvalue weighted by Gasteiger charge is 2.60. The molecule has 0 bridgehead atoms. The molecule has 26 nitrogen and oxygen atoms in total. The molecule has 8 heterocycles. The van der Waals surface area contributed by atoms with E-state index in [9.17, 15) is 69.5 Å². The lowest BCUT2D eigenvalue weighted by molar-refractivity contribution is -0.171. The number of halogens is 6. The summed E-state index contributed by atoms with van der Waals surface area (Å²) in [6, 6.07) is 15.1. The van der Waals surface area contributed by atoms with Gasteiger partial charge in [0.25, 0.3) is 17.7 Å². The Morgan fingerprint density at radius 2 is 0.814 bits per heavy atom. The summed E-state index contributed by atoms with van der Waals surface area (Å²) in [4.78, 5) is 148. The third kappa shape index (κ3) is 20.3. The molecule has 0 unspecified atom stereocenters. The molecule has 1 aromatic carbocycles. The summed E-state index contributed by atoms with van der Waals surface area (Å²) < 4.78 is 84.1. The summed E-state index contributed by atoms with van der Waals surface area (Å²) >= 11 is 0. The second-order valence-corrected chi connectivity index (χ2v) is 30.3. The van der Waals surface area contributed by atoms with Gasteiger partial charge in [-0.25, -0.2) is 29.3 Å². The van der Waals surface area contributed by atoms with E-state index in [1.54, 1.807) is 94.7 Å². The molecule has 3 saturated carbocycles. The molecule has 6 aliphatic rings. The number of aromatic nitrogens is 5. The average molecular weight is 1570 g/mol. The van der Waals surface area contributed by atoms with Crippen LogP contribution < -0.4 is 47.9 Å². The first-order chi connectivity index (χ1) is 53.9. The fraction of sp³-hybridized carbons (Fsp3) is 0.506. The minimum Gasteiger partial charge on any atom is -0.384 e. The highest BCUT2D eigenvalue weighted by atomic mass is 19.4. The Labute approximate surface area is 653 Å². The van der Waals surface area contributed by atoms with Gasteiger partial charge in [0.05, 0.1) is 17.8 Å². The van der Waals surface area contributed by atoms with Crippen LogP contribution in [-0.2, 0) is 48.0 Å². The molecule has 3 aliphatic carbocycles. The number of para-hydroxylation sites is 1. The van der Waals surface area contributed by atoms with E-state index in [4.69, 9.17) is 17.2 Å². The van der Waals surface area contributed by atoms with Crippen LogP contribution in [0.3, 0.4) is 0 Å². The van der Waals surface area contributed by atoms with Crippen molar-refractivity contribution in [1.82, 2.24) is 55.6 Å². The number of nitrogen functional groups attached to an aromatic ring is 3. The Kier molecular flexibility index (Phi) is 28.2. The molecule has 9 atom stereocenters. The number of carbonyl (C=O) groups is 9. The minimum atomic E-state index is -4.69. The van der Waals surface area contributed by atoms with Crippen LogP contribution in [0.25, 0.3) is 0 Å². The number of nitrogens with one attached hydrogen (secondary N) is 3. The number of rotatable bonds is 21. The highest BCUT2D eigenvalue weighted by molar-refractivity contribution is 6.15. The lowest BCUT2D eigenvalue weighted by Gasteiger charge is -2.46. The zero-order valence-electron chi connectivity index (χ0n) is 64.4. The Hall–Kier alpha value is -10.8. The van der Waals surface area contributed by atoms with Crippen molar-refractivity contribution in [2.45, 2.75) is 199 Å². The first kappa shape index (κ1) is 84.6. The number of anilines is 6. The van der Waals surface area contributed by atoms with Gasteiger partial charge in [0.2, 0.25) is 17.7 Å². The van der Waals surface area contributed by atoms with Crippen molar-refractivity contribution in [1.29, 1.82) is 0 Å². The van der Waals surface area contributed by atoms with Crippen molar-refractivity contribution < 1.29 is 69.5 Å². The van der Waals surface area contributed by atoms with Crippen LogP contribution in [0.1, 0.15) is 146 Å². The number of nitrogens with zero attached hydrogens (tertiary/aromatic N) is 11. The van der Waals surface area contributed by atoms with Gasteiger partial charge in [-0.3, -0.25) is 53.4 Å². The number of pyridine rings is 5. The summed E-state index contributed by atoms with van der Waals surface area (Å²) in [6.45, 7) is 9.84. The molecule has 0 spiro atoms. The first-order valence-electron chi connectivity index (χ1n) is 38.8. The van der Waals surface area contributed by atoms with Crippen molar-refractivity contribution in [2.24, 2.45) is 41.4 Å². The summed E-state index contributed by atoms with van der Waals surface area (Å²) in [5, 5.41) is 7.28. The van der Waals surface area contributed by atoms with Gasteiger partial charge in [-0.2, -0.15) is 26.3 Å². The fourth-order valence-electron chi connectivity index (χ4n) is 16.7. The van der Waals surface area contributed by atoms with Gasteiger partial charge in [0.15, 0.2) is 0 Å². The molecule has 12 rings (SSSR count). The van der Waals surface area contributed by atoms with Gasteiger partial charge in [-0.15, -0.1) is 0 Å². The molecular weight excluding hydrogens is 1470 g/mol. The molecule has 6 aromatic rings. The van der Waals surface area contributed by atoms with Crippen LogP contribution in [0, 0.1) is 48.3 Å². The van der Waals surface area contributed by atoms with Crippen LogP contribution in [0.4, 0.5) is 75.2 Å². The fourth-order valence-corrected chi connectivity index (χ4v) is 16.7. The van der Waals surface area contributed by atoms with Gasteiger partial charge in [0.1, 0.15) is 47.7 Å². The standard InChI is InChI=1S/C28H37N5O3.C27H33F3N6O3.C26H31F3N6O3/c1-18(2)24(20-10-6-4-7-11-20)31-28(36)33-25(27(35)32(3)21-12-8-5-9-13-21)22(26(33)34)16-19-14-15-30-23(29)17-19;1-3-35(19-10-12-32-16(2)13-19)25(38)22-20(14-17-9-11-33-21(31)15-17)24(37)36(22)26(39)34-23(27(28,29)30)18-7-5-4-6-8-18;1-2-34(18-9-11-31-12-10-18)24(37)21-19(14-16-8-13-32-20(30)15-16)23(36)35(21)25(38)33-22(26(27,28)29)17-6-4-3-5-7-17/h5,8-9,12-15,17-18,20,22,24-25H,4,6-7,10-11,16H2,1-3H3,(H2,29,30)(H,31,36);9-13,15,18,20,22-23H,3-8,14H2,1-2H3,(H2,31,33)(H,34,39);8-13,15,17,19,21-22H,2-7,14H2,1H3,(H2,30,32)(H,33,38)/t22-,24-,25+;20-,22+,23+;19-,21+,22+/m111/s1. The van der Waals surface area contributed by atoms with Crippen LogP contribution in [0.5, 0.6) is 0 Å². The Balaban J connectivity index is 0.000000180. The minimum absolute atomic E-state index is 0.0350. The van der Waals surface area contributed by atoms with Crippen molar-refractivity contribution in [3.63, 3.8) is 0 Å². The highest BCUT2D eigenvalue weighted by Crippen LogP contribution is 2.42. The number of carbonyl (C=O) groups excluding carboxylic acids is 9. The zero-order valence-corrected chi connectivity index (χ0v) is 64.4. The molecule has 606 valence electrons. The lowest BCUT2D eigenvalue weighted by Crippen LogP contribution is -2.72. The Bertz CT molecular complexity index is 4320. The second-order valence-electron chi connectivity index (χ2n) is 30.3. The smallest absolute Gasteiger partial charge is 0.384 e. The third-order valence-electron chi connectivity index (χ3n) is 22.4. The largest absolute Gasteiger partial charge is 0.408 e. The van der Waals surface area contributed by atoms with E-state index < -0.39 is 114 Å². The number of aryl methyl sites for hydroxylation is 1. The quantitative estimate of drug-likeness (QED) is 0.0288. The van der Waals surface area contributed by atoms with Crippen LogP contribution in [0.15, 0.2) is 128 Å². The third-order valence-corrected chi connectivity index (χ3v) is 22.4. The van der Waals surface area contributed by atoms with Crippen molar-refractivity contribution >= 4 is 88.1 Å². The number of alkyl halides is 6. The number of likely N-dealkylation sites (N-methyl/N-ethyl adjacent to an activating group) is 3. The number of urea groups is 3. The molecule has 0 radical (unpaired) electrons. The number of benzene rings is 1. The van der Waals surface area contributed by atoms with Gasteiger partial charge in [-0.05, 0) is 192 Å². The predicted octanol–water partition coefficient (Wildman–Crippen LogP) is 11.7. The van der Waals surface area contributed by atoms with Crippen LogP contribution >= 0.6 is 0 Å². The molecule has 12 amide bonds. The van der Waals surface area contributed by atoms with Gasteiger partial charge < -0.3 is 47.9 Å². The number of β-lactam (4-membered cyclic amide) rings is 3.